The molecular formula is C13H16Br2N2O4. The molecular weight excluding hydrogens is 408 g/mol. The molecule has 1 fully saturated rings. The lowest BCUT2D eigenvalue weighted by Gasteiger charge is -2.43. The lowest BCUT2D eigenvalue weighted by Crippen LogP contribution is -2.60. The minimum absolute atomic E-state index is 0.00386. The fourth-order valence-corrected chi connectivity index (χ4v) is 3.66. The maximum atomic E-state index is 10.8. The van der Waals surface area contributed by atoms with Gasteiger partial charge in [0.15, 0.2) is 0 Å². The van der Waals surface area contributed by atoms with E-state index in [1.807, 2.05) is 14.0 Å². The van der Waals surface area contributed by atoms with Crippen LogP contribution in [0.4, 0.5) is 5.69 Å². The predicted molar refractivity (Wildman–Crippen MR) is 85.8 cm³/mol. The Hall–Kier alpha value is -0.700. The summed E-state index contributed by atoms with van der Waals surface area (Å²) in [6.45, 7) is 2.56. The molecule has 1 saturated carbocycles. The Labute approximate surface area is 139 Å². The van der Waals surface area contributed by atoms with Crippen LogP contribution < -0.4 is 10.1 Å². The molecule has 0 aliphatic heterocycles. The van der Waals surface area contributed by atoms with Gasteiger partial charge in [0.1, 0.15) is 18.0 Å². The molecule has 8 heteroatoms. The van der Waals surface area contributed by atoms with E-state index in [2.05, 4.69) is 37.2 Å². The number of likely N-dealkylation sites (N-methyl/N-ethyl adjacent to an activating group) is 1. The maximum absolute atomic E-state index is 10.8. The van der Waals surface area contributed by atoms with Gasteiger partial charge in [-0.05, 0) is 45.8 Å². The highest BCUT2D eigenvalue weighted by molar-refractivity contribution is 9.11. The molecule has 1 aliphatic rings. The molecule has 21 heavy (non-hydrogen) atoms. The zero-order valence-corrected chi connectivity index (χ0v) is 14.8. The molecule has 1 aromatic carbocycles. The van der Waals surface area contributed by atoms with Crippen molar-refractivity contribution in [3.05, 3.63) is 31.2 Å². The van der Waals surface area contributed by atoms with Gasteiger partial charge in [0.05, 0.1) is 13.9 Å². The van der Waals surface area contributed by atoms with E-state index >= 15 is 0 Å². The molecule has 0 amide bonds. The normalized spacial score (nSPS) is 24.5. The van der Waals surface area contributed by atoms with Crippen LogP contribution >= 0.6 is 31.9 Å². The smallest absolute Gasteiger partial charge is 0.271 e. The van der Waals surface area contributed by atoms with Crippen molar-refractivity contribution in [2.24, 2.45) is 0 Å². The van der Waals surface area contributed by atoms with Crippen LogP contribution in [0.15, 0.2) is 21.1 Å². The molecule has 0 bridgehead atoms. The van der Waals surface area contributed by atoms with Crippen molar-refractivity contribution in [1.29, 1.82) is 0 Å². The standard InChI is InChI=1S/C13H16Br2N2O4/c1-3-20-13-10(16-2)6-11(13)21-12-8(14)4-7(17(18)19)5-9(12)15/h4-5,10-11,13,16H,3,6H2,1-2H3. The first kappa shape index (κ1) is 16.7. The molecule has 0 radical (unpaired) electrons. The summed E-state index contributed by atoms with van der Waals surface area (Å²) in [6, 6.07) is 3.14. The fourth-order valence-electron chi connectivity index (χ4n) is 2.31. The lowest BCUT2D eigenvalue weighted by molar-refractivity contribution is -0.385. The zero-order chi connectivity index (χ0) is 15.6. The number of ether oxygens (including phenoxy) is 2. The van der Waals surface area contributed by atoms with Gasteiger partial charge in [-0.2, -0.15) is 0 Å². The molecule has 0 spiro atoms. The Kier molecular flexibility index (Phi) is 5.59. The first-order valence-electron chi connectivity index (χ1n) is 6.56. The molecule has 2 rings (SSSR count). The average Bonchev–Trinajstić information content (AvgIpc) is 2.42. The second-order valence-corrected chi connectivity index (χ2v) is 6.41. The Morgan fingerprint density at radius 3 is 2.52 bits per heavy atom. The average molecular weight is 424 g/mol. The van der Waals surface area contributed by atoms with Crippen LogP contribution in [0.5, 0.6) is 5.75 Å². The van der Waals surface area contributed by atoms with Gasteiger partial charge in [0, 0.05) is 31.2 Å². The van der Waals surface area contributed by atoms with Crippen molar-refractivity contribution in [2.75, 3.05) is 13.7 Å². The highest BCUT2D eigenvalue weighted by Gasteiger charge is 2.43. The number of nitrogens with one attached hydrogen (secondary N) is 1. The van der Waals surface area contributed by atoms with Crippen molar-refractivity contribution in [1.82, 2.24) is 5.32 Å². The highest BCUT2D eigenvalue weighted by Crippen LogP contribution is 2.40. The van der Waals surface area contributed by atoms with E-state index in [9.17, 15) is 10.1 Å². The monoisotopic (exact) mass is 422 g/mol. The van der Waals surface area contributed by atoms with E-state index in [0.717, 1.165) is 6.42 Å². The number of nitrogens with zero attached hydrogens (tertiary/aromatic N) is 1. The van der Waals surface area contributed by atoms with Gasteiger partial charge in [0.25, 0.3) is 5.69 Å². The highest BCUT2D eigenvalue weighted by atomic mass is 79.9. The summed E-state index contributed by atoms with van der Waals surface area (Å²) in [6.07, 6.45) is 0.738. The summed E-state index contributed by atoms with van der Waals surface area (Å²) in [5, 5.41) is 14.0. The molecule has 1 aliphatic carbocycles. The van der Waals surface area contributed by atoms with Gasteiger partial charge in [-0.15, -0.1) is 0 Å². The van der Waals surface area contributed by atoms with E-state index in [1.165, 1.54) is 12.1 Å². The van der Waals surface area contributed by atoms with Gasteiger partial charge in [0.2, 0.25) is 0 Å². The summed E-state index contributed by atoms with van der Waals surface area (Å²) in [5.74, 6) is 0.560. The predicted octanol–water partition coefficient (Wildman–Crippen LogP) is 3.26. The summed E-state index contributed by atoms with van der Waals surface area (Å²) in [7, 11) is 1.89. The lowest BCUT2D eigenvalue weighted by atomic mass is 9.85. The summed E-state index contributed by atoms with van der Waals surface area (Å²) >= 11 is 6.65. The second-order valence-electron chi connectivity index (χ2n) is 4.70. The third kappa shape index (κ3) is 3.56. The van der Waals surface area contributed by atoms with Crippen LogP contribution in [0.3, 0.4) is 0 Å². The van der Waals surface area contributed by atoms with Crippen LogP contribution in [0.2, 0.25) is 0 Å². The third-order valence-corrected chi connectivity index (χ3v) is 4.62. The number of hydrogen-bond donors (Lipinski definition) is 1. The van der Waals surface area contributed by atoms with Crippen molar-refractivity contribution in [3.63, 3.8) is 0 Å². The Balaban J connectivity index is 2.15. The van der Waals surface area contributed by atoms with Crippen LogP contribution in [-0.4, -0.2) is 36.8 Å². The van der Waals surface area contributed by atoms with Crippen molar-refractivity contribution in [2.45, 2.75) is 31.6 Å². The van der Waals surface area contributed by atoms with E-state index in [-0.39, 0.29) is 23.9 Å². The van der Waals surface area contributed by atoms with Crippen molar-refractivity contribution < 1.29 is 14.4 Å². The van der Waals surface area contributed by atoms with Gasteiger partial charge >= 0.3 is 0 Å². The van der Waals surface area contributed by atoms with Gasteiger partial charge in [-0.3, -0.25) is 10.1 Å². The SMILES string of the molecule is CCOC1C(NC)CC1Oc1c(Br)cc([N+](=O)[O-])cc1Br. The van der Waals surface area contributed by atoms with Crippen LogP contribution in [0.1, 0.15) is 13.3 Å². The number of hydrogen-bond acceptors (Lipinski definition) is 5. The number of nitro groups is 1. The van der Waals surface area contributed by atoms with E-state index in [0.29, 0.717) is 21.3 Å². The molecule has 0 aromatic heterocycles. The number of non-ortho nitro benzene ring substituents is 1. The van der Waals surface area contributed by atoms with Gasteiger partial charge in [-0.25, -0.2) is 0 Å². The first-order chi connectivity index (χ1) is 9.97. The van der Waals surface area contributed by atoms with E-state index < -0.39 is 4.92 Å². The molecule has 3 unspecified atom stereocenters. The largest absolute Gasteiger partial charge is 0.485 e. The third-order valence-electron chi connectivity index (χ3n) is 3.44. The summed E-state index contributed by atoms with van der Waals surface area (Å²) < 4.78 is 12.7. The molecule has 0 heterocycles. The van der Waals surface area contributed by atoms with Crippen LogP contribution in [-0.2, 0) is 4.74 Å². The van der Waals surface area contributed by atoms with Crippen molar-refractivity contribution >= 4 is 37.5 Å². The first-order valence-corrected chi connectivity index (χ1v) is 8.15. The molecule has 1 N–H and O–H groups in total. The number of halogens is 2. The molecule has 1 aromatic rings. The number of rotatable bonds is 6. The van der Waals surface area contributed by atoms with Crippen molar-refractivity contribution in [3.8, 4) is 5.75 Å². The quantitative estimate of drug-likeness (QED) is 0.561. The van der Waals surface area contributed by atoms with E-state index in [4.69, 9.17) is 9.47 Å². The second kappa shape index (κ2) is 7.04. The zero-order valence-electron chi connectivity index (χ0n) is 11.6. The minimum Gasteiger partial charge on any atom is -0.485 e. The fraction of sp³-hybridized carbons (Fsp3) is 0.538. The topological polar surface area (TPSA) is 73.6 Å². The van der Waals surface area contributed by atoms with Gasteiger partial charge in [-0.1, -0.05) is 0 Å². The molecule has 0 saturated heterocycles. The molecule has 6 nitrogen and oxygen atoms in total. The Morgan fingerprint density at radius 1 is 1.43 bits per heavy atom. The summed E-state index contributed by atoms with van der Waals surface area (Å²) in [5.41, 5.74) is 0.00386. The van der Waals surface area contributed by atoms with Crippen LogP contribution in [0, 0.1) is 10.1 Å². The minimum atomic E-state index is -0.442. The molecule has 3 atom stereocenters. The molecule has 116 valence electrons. The Bertz CT molecular complexity index is 518. The van der Waals surface area contributed by atoms with Gasteiger partial charge < -0.3 is 14.8 Å². The van der Waals surface area contributed by atoms with E-state index in [1.54, 1.807) is 0 Å². The summed E-state index contributed by atoms with van der Waals surface area (Å²) in [4.78, 5) is 10.4. The Morgan fingerprint density at radius 2 is 2.05 bits per heavy atom. The number of nitro benzene ring substituents is 1. The van der Waals surface area contributed by atoms with Crippen LogP contribution in [0.25, 0.3) is 0 Å². The number of benzene rings is 1. The maximum Gasteiger partial charge on any atom is 0.271 e.